The van der Waals surface area contributed by atoms with Gasteiger partial charge >= 0.3 is 0 Å². The van der Waals surface area contributed by atoms with Crippen LogP contribution in [-0.4, -0.2) is 6.10 Å². The van der Waals surface area contributed by atoms with E-state index in [2.05, 4.69) is 21.4 Å². The summed E-state index contributed by atoms with van der Waals surface area (Å²) in [5.74, 6) is 4.93. The lowest BCUT2D eigenvalue weighted by molar-refractivity contribution is 0.174. The number of nitrogens with one attached hydrogen (secondary N) is 1. The molecule has 0 saturated carbocycles. The van der Waals surface area contributed by atoms with Crippen LogP contribution >= 0.6 is 15.9 Å². The van der Waals surface area contributed by atoms with E-state index in [4.69, 9.17) is 10.6 Å². The molecule has 0 spiro atoms. The van der Waals surface area contributed by atoms with Crippen LogP contribution < -0.4 is 16.0 Å². The maximum atomic E-state index is 14.2. The number of rotatable bonds is 3. The molecule has 3 N–H and O–H groups in total. The van der Waals surface area contributed by atoms with Crippen molar-refractivity contribution in [2.75, 3.05) is 0 Å². The number of benzene rings is 2. The Labute approximate surface area is 129 Å². The smallest absolute Gasteiger partial charge is 0.145 e. The second kappa shape index (κ2) is 5.71. The van der Waals surface area contributed by atoms with Gasteiger partial charge in [-0.2, -0.15) is 0 Å². The van der Waals surface area contributed by atoms with Gasteiger partial charge in [-0.15, -0.1) is 0 Å². The zero-order valence-corrected chi connectivity index (χ0v) is 12.5. The molecule has 2 unspecified atom stereocenters. The molecular formula is C15H13BrF2N2O. The van der Waals surface area contributed by atoms with Gasteiger partial charge in [0.1, 0.15) is 23.5 Å². The van der Waals surface area contributed by atoms with Crippen molar-refractivity contribution in [2.45, 2.75) is 18.6 Å². The quantitative estimate of drug-likeness (QED) is 0.505. The molecule has 3 rings (SSSR count). The molecule has 0 aliphatic carbocycles. The summed E-state index contributed by atoms with van der Waals surface area (Å²) >= 11 is 3.06. The number of ether oxygens (including phenoxy) is 1. The molecule has 0 bridgehead atoms. The summed E-state index contributed by atoms with van der Waals surface area (Å²) < 4.78 is 34.2. The summed E-state index contributed by atoms with van der Waals surface area (Å²) in [6, 6.07) is 9.26. The normalized spacial score (nSPS) is 18.2. The van der Waals surface area contributed by atoms with E-state index >= 15 is 0 Å². The Kier molecular flexibility index (Phi) is 3.93. The average molecular weight is 355 g/mol. The van der Waals surface area contributed by atoms with Gasteiger partial charge in [0, 0.05) is 12.0 Å². The molecule has 2 aromatic rings. The fourth-order valence-corrected chi connectivity index (χ4v) is 2.94. The van der Waals surface area contributed by atoms with E-state index in [1.54, 1.807) is 0 Å². The topological polar surface area (TPSA) is 47.3 Å². The van der Waals surface area contributed by atoms with E-state index in [-0.39, 0.29) is 10.0 Å². The summed E-state index contributed by atoms with van der Waals surface area (Å²) in [7, 11) is 0. The summed E-state index contributed by atoms with van der Waals surface area (Å²) in [4.78, 5) is 0. The van der Waals surface area contributed by atoms with E-state index in [1.165, 1.54) is 12.1 Å². The number of fused-ring (bicyclic) bond motifs is 1. The molecular weight excluding hydrogens is 342 g/mol. The van der Waals surface area contributed by atoms with Crippen molar-refractivity contribution in [3.8, 4) is 5.75 Å². The SMILES string of the molecule is NNC(c1c(F)ccc(Br)c1F)C1Cc2ccccc2O1. The van der Waals surface area contributed by atoms with Gasteiger partial charge < -0.3 is 4.74 Å². The van der Waals surface area contributed by atoms with Gasteiger partial charge in [-0.05, 0) is 39.7 Å². The van der Waals surface area contributed by atoms with E-state index in [9.17, 15) is 8.78 Å². The largest absolute Gasteiger partial charge is 0.488 e. The summed E-state index contributed by atoms with van der Waals surface area (Å²) in [5, 5.41) is 0. The first-order valence-electron chi connectivity index (χ1n) is 6.46. The fourth-order valence-electron chi connectivity index (χ4n) is 2.60. The van der Waals surface area contributed by atoms with Gasteiger partial charge in [-0.1, -0.05) is 18.2 Å². The second-order valence-electron chi connectivity index (χ2n) is 4.87. The van der Waals surface area contributed by atoms with Crippen molar-refractivity contribution in [3.05, 3.63) is 63.6 Å². The third kappa shape index (κ3) is 2.54. The minimum absolute atomic E-state index is 0.121. The van der Waals surface area contributed by atoms with Gasteiger partial charge in [0.05, 0.1) is 10.5 Å². The van der Waals surface area contributed by atoms with Gasteiger partial charge in [-0.3, -0.25) is 5.84 Å². The molecule has 3 nitrogen and oxygen atoms in total. The molecule has 1 aliphatic heterocycles. The highest BCUT2D eigenvalue weighted by atomic mass is 79.9. The number of hydrogen-bond acceptors (Lipinski definition) is 3. The van der Waals surface area contributed by atoms with E-state index < -0.39 is 23.8 Å². The summed E-state index contributed by atoms with van der Waals surface area (Å²) in [6.07, 6.45) is 0.0712. The van der Waals surface area contributed by atoms with Gasteiger partial charge in [0.2, 0.25) is 0 Å². The third-order valence-corrected chi connectivity index (χ3v) is 4.23. The first kappa shape index (κ1) is 14.4. The van der Waals surface area contributed by atoms with Gasteiger partial charge in [0.25, 0.3) is 0 Å². The summed E-state index contributed by atoms with van der Waals surface area (Å²) in [5.41, 5.74) is 3.36. The van der Waals surface area contributed by atoms with Crippen molar-refractivity contribution in [1.82, 2.24) is 5.43 Å². The Morgan fingerprint density at radius 1 is 1.24 bits per heavy atom. The number of hydrazine groups is 1. The molecule has 1 heterocycles. The highest BCUT2D eigenvalue weighted by Gasteiger charge is 2.34. The molecule has 2 aromatic carbocycles. The Hall–Kier alpha value is -1.50. The molecule has 0 aromatic heterocycles. The summed E-state index contributed by atoms with van der Waals surface area (Å²) in [6.45, 7) is 0. The second-order valence-corrected chi connectivity index (χ2v) is 5.72. The van der Waals surface area contributed by atoms with Crippen molar-refractivity contribution in [2.24, 2.45) is 5.84 Å². The van der Waals surface area contributed by atoms with Crippen LogP contribution in [0.3, 0.4) is 0 Å². The van der Waals surface area contributed by atoms with E-state index in [0.717, 1.165) is 11.3 Å². The lowest BCUT2D eigenvalue weighted by Gasteiger charge is -2.24. The lowest BCUT2D eigenvalue weighted by atomic mass is 9.97. The zero-order chi connectivity index (χ0) is 15.0. The highest BCUT2D eigenvalue weighted by Crippen LogP contribution is 2.36. The maximum absolute atomic E-state index is 14.2. The molecule has 110 valence electrons. The minimum Gasteiger partial charge on any atom is -0.488 e. The highest BCUT2D eigenvalue weighted by molar-refractivity contribution is 9.10. The molecule has 2 atom stereocenters. The van der Waals surface area contributed by atoms with Gasteiger partial charge in [-0.25, -0.2) is 14.2 Å². The van der Waals surface area contributed by atoms with E-state index in [0.29, 0.717) is 6.42 Å². The van der Waals surface area contributed by atoms with Crippen LogP contribution in [0.2, 0.25) is 0 Å². The molecule has 0 radical (unpaired) electrons. The Balaban J connectivity index is 1.96. The molecule has 0 fully saturated rings. The van der Waals surface area contributed by atoms with Crippen molar-refractivity contribution >= 4 is 15.9 Å². The van der Waals surface area contributed by atoms with Gasteiger partial charge in [0.15, 0.2) is 0 Å². The molecule has 21 heavy (non-hydrogen) atoms. The van der Waals surface area contributed by atoms with Crippen LogP contribution in [0.25, 0.3) is 0 Å². The van der Waals surface area contributed by atoms with Crippen molar-refractivity contribution in [3.63, 3.8) is 0 Å². The molecule has 6 heteroatoms. The predicted molar refractivity (Wildman–Crippen MR) is 78.7 cm³/mol. The zero-order valence-electron chi connectivity index (χ0n) is 10.9. The average Bonchev–Trinajstić information content (AvgIpc) is 2.91. The van der Waals surface area contributed by atoms with Crippen molar-refractivity contribution in [1.29, 1.82) is 0 Å². The molecule has 1 aliphatic rings. The van der Waals surface area contributed by atoms with Crippen LogP contribution in [-0.2, 0) is 6.42 Å². The van der Waals surface area contributed by atoms with Crippen LogP contribution in [0.15, 0.2) is 40.9 Å². The van der Waals surface area contributed by atoms with E-state index in [1.807, 2.05) is 24.3 Å². The van der Waals surface area contributed by atoms with Crippen LogP contribution in [0.4, 0.5) is 8.78 Å². The van der Waals surface area contributed by atoms with Crippen LogP contribution in [0, 0.1) is 11.6 Å². The lowest BCUT2D eigenvalue weighted by Crippen LogP contribution is -2.40. The molecule has 0 amide bonds. The van der Waals surface area contributed by atoms with Crippen LogP contribution in [0.1, 0.15) is 17.2 Å². The number of para-hydroxylation sites is 1. The third-order valence-electron chi connectivity index (χ3n) is 3.61. The first-order valence-corrected chi connectivity index (χ1v) is 7.25. The number of halogens is 3. The van der Waals surface area contributed by atoms with Crippen LogP contribution in [0.5, 0.6) is 5.75 Å². The maximum Gasteiger partial charge on any atom is 0.145 e. The first-order chi connectivity index (χ1) is 10.1. The van der Waals surface area contributed by atoms with Crippen molar-refractivity contribution < 1.29 is 13.5 Å². The fraction of sp³-hybridized carbons (Fsp3) is 0.200. The standard InChI is InChI=1S/C15H13BrF2N2O/c16-9-5-6-10(17)13(14(9)18)15(20-19)12-7-8-3-1-2-4-11(8)21-12/h1-6,12,15,20H,7,19H2. The monoisotopic (exact) mass is 354 g/mol. The number of hydrogen-bond donors (Lipinski definition) is 2. The minimum atomic E-state index is -0.783. The Morgan fingerprint density at radius 2 is 2.00 bits per heavy atom. The Morgan fingerprint density at radius 3 is 2.71 bits per heavy atom. The predicted octanol–water partition coefficient (Wildman–Crippen LogP) is 3.24. The number of nitrogens with two attached hydrogens (primary N) is 1. The Bertz CT molecular complexity index is 656. The molecule has 0 saturated heterocycles.